The molecule has 0 aliphatic carbocycles. The van der Waals surface area contributed by atoms with Crippen LogP contribution in [0.3, 0.4) is 0 Å². The molecule has 0 saturated heterocycles. The molecule has 0 heterocycles. The van der Waals surface area contributed by atoms with Gasteiger partial charge < -0.3 is 10.1 Å². The van der Waals surface area contributed by atoms with Crippen LogP contribution < -0.4 is 10.1 Å². The van der Waals surface area contributed by atoms with E-state index in [1.165, 1.54) is 0 Å². The number of methoxy groups -OCH3 is 1. The number of amides is 1. The van der Waals surface area contributed by atoms with Crippen molar-refractivity contribution in [3.8, 4) is 16.9 Å². The minimum atomic E-state index is -0.194. The maximum absolute atomic E-state index is 13.2. The number of aryl methyl sites for hydroxylation is 1. The van der Waals surface area contributed by atoms with Crippen molar-refractivity contribution >= 4 is 33.1 Å². The van der Waals surface area contributed by atoms with Gasteiger partial charge in [-0.2, -0.15) is 0 Å². The molecular formula is C29H29NO2. The van der Waals surface area contributed by atoms with Crippen molar-refractivity contribution in [2.45, 2.75) is 20.8 Å². The van der Waals surface area contributed by atoms with Crippen LogP contribution in [0.4, 0.5) is 5.69 Å². The van der Waals surface area contributed by atoms with Crippen LogP contribution in [-0.2, 0) is 4.79 Å². The maximum Gasteiger partial charge on any atom is 0.227 e. The SMILES string of the molecule is C=C[C@@H](C)[C@H](C)C(=O)Nc1c(C)cc2ccccc2c1-c1c(OC)ccc2ccccc12. The molecule has 0 radical (unpaired) electrons. The standard InChI is InChI=1S/C29H29NO2/c1-6-18(2)20(4)29(31)30-28-19(3)17-22-12-8-10-14-24(22)27(28)26-23-13-9-7-11-21(23)15-16-25(26)32-5/h6-18,20H,1H2,2-5H3,(H,30,31)/t18-,20+/m1/s1. The van der Waals surface area contributed by atoms with Crippen molar-refractivity contribution in [3.05, 3.63) is 84.9 Å². The average molecular weight is 424 g/mol. The van der Waals surface area contributed by atoms with Gasteiger partial charge in [0.1, 0.15) is 5.75 Å². The number of carbonyl (C=O) groups excluding carboxylic acids is 1. The third-order valence-corrected chi connectivity index (χ3v) is 6.43. The summed E-state index contributed by atoms with van der Waals surface area (Å²) in [6.07, 6.45) is 1.83. The van der Waals surface area contributed by atoms with Crippen molar-refractivity contribution in [2.24, 2.45) is 11.8 Å². The Balaban J connectivity index is 2.05. The van der Waals surface area contributed by atoms with Crippen LogP contribution >= 0.6 is 0 Å². The van der Waals surface area contributed by atoms with E-state index in [1.807, 2.05) is 57.2 Å². The van der Waals surface area contributed by atoms with Crippen LogP contribution in [0, 0.1) is 18.8 Å². The normalized spacial score (nSPS) is 13.0. The minimum absolute atomic E-state index is 0.0174. The smallest absolute Gasteiger partial charge is 0.227 e. The van der Waals surface area contributed by atoms with Gasteiger partial charge in [-0.3, -0.25) is 4.79 Å². The quantitative estimate of drug-likeness (QED) is 0.329. The number of fused-ring (bicyclic) bond motifs is 2. The van der Waals surface area contributed by atoms with E-state index >= 15 is 0 Å². The topological polar surface area (TPSA) is 38.3 Å². The number of nitrogens with one attached hydrogen (secondary N) is 1. The molecule has 4 rings (SSSR count). The highest BCUT2D eigenvalue weighted by molar-refractivity contribution is 6.14. The Morgan fingerprint density at radius 1 is 0.938 bits per heavy atom. The van der Waals surface area contributed by atoms with Crippen LogP contribution in [0.1, 0.15) is 19.4 Å². The molecule has 3 nitrogen and oxygen atoms in total. The Kier molecular flexibility index (Phi) is 6.00. The van der Waals surface area contributed by atoms with E-state index in [0.29, 0.717) is 0 Å². The van der Waals surface area contributed by atoms with Crippen LogP contribution in [0.5, 0.6) is 5.75 Å². The minimum Gasteiger partial charge on any atom is -0.496 e. The molecule has 2 atom stereocenters. The Morgan fingerprint density at radius 2 is 1.56 bits per heavy atom. The van der Waals surface area contributed by atoms with E-state index in [0.717, 1.165) is 49.7 Å². The molecule has 0 fully saturated rings. The number of ether oxygens (including phenoxy) is 1. The van der Waals surface area contributed by atoms with Crippen LogP contribution in [0.25, 0.3) is 32.7 Å². The summed E-state index contributed by atoms with van der Waals surface area (Å²) in [4.78, 5) is 13.2. The van der Waals surface area contributed by atoms with Crippen molar-refractivity contribution in [1.82, 2.24) is 0 Å². The molecule has 0 bridgehead atoms. The van der Waals surface area contributed by atoms with Gasteiger partial charge in [-0.05, 0) is 52.1 Å². The van der Waals surface area contributed by atoms with E-state index in [9.17, 15) is 4.79 Å². The summed E-state index contributed by atoms with van der Waals surface area (Å²) in [7, 11) is 1.69. The first-order chi connectivity index (χ1) is 15.5. The number of allylic oxidation sites excluding steroid dienone is 1. The van der Waals surface area contributed by atoms with Gasteiger partial charge in [-0.1, -0.05) is 74.5 Å². The zero-order valence-corrected chi connectivity index (χ0v) is 19.1. The molecule has 0 aromatic heterocycles. The Bertz CT molecular complexity index is 1320. The highest BCUT2D eigenvalue weighted by Crippen LogP contribution is 2.45. The van der Waals surface area contributed by atoms with Crippen LogP contribution in [0.15, 0.2) is 79.4 Å². The van der Waals surface area contributed by atoms with E-state index in [2.05, 4.69) is 48.3 Å². The van der Waals surface area contributed by atoms with Crippen molar-refractivity contribution in [2.75, 3.05) is 12.4 Å². The van der Waals surface area contributed by atoms with Gasteiger partial charge in [0.2, 0.25) is 5.91 Å². The zero-order chi connectivity index (χ0) is 22.8. The first kappa shape index (κ1) is 21.6. The molecule has 1 N–H and O–H groups in total. The third kappa shape index (κ3) is 3.75. The lowest BCUT2D eigenvalue weighted by atomic mass is 9.89. The van der Waals surface area contributed by atoms with Crippen LogP contribution in [-0.4, -0.2) is 13.0 Å². The predicted octanol–water partition coefficient (Wildman–Crippen LogP) is 7.37. The van der Waals surface area contributed by atoms with Gasteiger partial charge >= 0.3 is 0 Å². The number of carbonyl (C=O) groups is 1. The molecule has 162 valence electrons. The first-order valence-electron chi connectivity index (χ1n) is 11.0. The Labute approximate surface area is 189 Å². The molecule has 4 aromatic carbocycles. The van der Waals surface area contributed by atoms with Gasteiger partial charge in [0.25, 0.3) is 0 Å². The monoisotopic (exact) mass is 423 g/mol. The summed E-state index contributed by atoms with van der Waals surface area (Å²) >= 11 is 0. The molecule has 0 aliphatic heterocycles. The fraction of sp³-hybridized carbons (Fsp3) is 0.207. The van der Waals surface area contributed by atoms with Gasteiger partial charge in [0.15, 0.2) is 0 Å². The summed E-state index contributed by atoms with van der Waals surface area (Å²) in [5.41, 5.74) is 3.82. The van der Waals surface area contributed by atoms with E-state index in [1.54, 1.807) is 7.11 Å². The molecule has 4 aromatic rings. The largest absolute Gasteiger partial charge is 0.496 e. The number of benzene rings is 4. The zero-order valence-electron chi connectivity index (χ0n) is 19.1. The third-order valence-electron chi connectivity index (χ3n) is 6.43. The fourth-order valence-electron chi connectivity index (χ4n) is 4.27. The van der Waals surface area contributed by atoms with Crippen molar-refractivity contribution in [3.63, 3.8) is 0 Å². The summed E-state index contributed by atoms with van der Waals surface area (Å²) in [6.45, 7) is 9.86. The Morgan fingerprint density at radius 3 is 2.22 bits per heavy atom. The molecular weight excluding hydrogens is 394 g/mol. The lowest BCUT2D eigenvalue weighted by Crippen LogP contribution is -2.25. The van der Waals surface area contributed by atoms with Crippen molar-refractivity contribution < 1.29 is 9.53 Å². The van der Waals surface area contributed by atoms with Gasteiger partial charge in [0.05, 0.1) is 12.8 Å². The highest BCUT2D eigenvalue weighted by Gasteiger charge is 2.23. The predicted molar refractivity (Wildman–Crippen MR) is 135 cm³/mol. The first-order valence-corrected chi connectivity index (χ1v) is 11.0. The lowest BCUT2D eigenvalue weighted by molar-refractivity contribution is -0.120. The number of anilines is 1. The van der Waals surface area contributed by atoms with Gasteiger partial charge in [-0.25, -0.2) is 0 Å². The highest BCUT2D eigenvalue weighted by atomic mass is 16.5. The second-order valence-electron chi connectivity index (χ2n) is 8.40. The summed E-state index contributed by atoms with van der Waals surface area (Å²) < 4.78 is 5.83. The molecule has 3 heteroatoms. The molecule has 0 saturated carbocycles. The molecule has 0 aliphatic rings. The average Bonchev–Trinajstić information content (AvgIpc) is 2.82. The van der Waals surface area contributed by atoms with E-state index in [-0.39, 0.29) is 17.7 Å². The number of hydrogen-bond acceptors (Lipinski definition) is 2. The van der Waals surface area contributed by atoms with Gasteiger partial charge in [-0.15, -0.1) is 6.58 Å². The summed E-state index contributed by atoms with van der Waals surface area (Å²) in [5.74, 6) is 0.644. The van der Waals surface area contributed by atoms with Crippen molar-refractivity contribution in [1.29, 1.82) is 0 Å². The van der Waals surface area contributed by atoms with E-state index in [4.69, 9.17) is 4.74 Å². The molecule has 32 heavy (non-hydrogen) atoms. The second kappa shape index (κ2) is 8.88. The lowest BCUT2D eigenvalue weighted by Gasteiger charge is -2.23. The summed E-state index contributed by atoms with van der Waals surface area (Å²) in [5, 5.41) is 7.67. The Hall–Kier alpha value is -3.59. The number of rotatable bonds is 6. The second-order valence-corrected chi connectivity index (χ2v) is 8.40. The molecule has 1 amide bonds. The molecule has 0 spiro atoms. The maximum atomic E-state index is 13.2. The molecule has 0 unspecified atom stereocenters. The van der Waals surface area contributed by atoms with Gasteiger partial charge in [0, 0.05) is 17.0 Å². The van der Waals surface area contributed by atoms with Crippen LogP contribution in [0.2, 0.25) is 0 Å². The fourth-order valence-corrected chi connectivity index (χ4v) is 4.27. The summed E-state index contributed by atoms with van der Waals surface area (Å²) in [6, 6.07) is 22.8. The van der Waals surface area contributed by atoms with E-state index < -0.39 is 0 Å². The number of hydrogen-bond donors (Lipinski definition) is 1.